The first kappa shape index (κ1) is 27.4. The van der Waals surface area contributed by atoms with E-state index in [0.717, 1.165) is 61.6 Å². The van der Waals surface area contributed by atoms with E-state index in [2.05, 4.69) is 169 Å². The number of benzene rings is 8. The Morgan fingerprint density at radius 2 is 1.12 bits per heavy atom. The van der Waals surface area contributed by atoms with E-state index in [9.17, 15) is 0 Å². The maximum absolute atomic E-state index is 6.65. The first-order chi connectivity index (χ1) is 24.8. The fourth-order valence-corrected chi connectivity index (χ4v) is 8.71. The van der Waals surface area contributed by atoms with Gasteiger partial charge in [-0.05, 0) is 81.6 Å². The van der Waals surface area contributed by atoms with Crippen molar-refractivity contribution in [3.63, 3.8) is 0 Å². The third kappa shape index (κ3) is 3.58. The Morgan fingerprint density at radius 1 is 0.440 bits per heavy atom. The Bertz CT molecular complexity index is 2770. The van der Waals surface area contributed by atoms with Gasteiger partial charge in [0.1, 0.15) is 17.1 Å². The highest BCUT2D eigenvalue weighted by molar-refractivity contribution is 6.11. The largest absolute Gasteiger partial charge is 0.457 e. The second-order valence-corrected chi connectivity index (χ2v) is 13.2. The van der Waals surface area contributed by atoms with Crippen molar-refractivity contribution in [2.75, 3.05) is 4.90 Å². The van der Waals surface area contributed by atoms with Gasteiger partial charge in [-0.15, -0.1) is 0 Å². The van der Waals surface area contributed by atoms with E-state index in [-0.39, 0.29) is 0 Å². The van der Waals surface area contributed by atoms with Crippen molar-refractivity contribution in [2.45, 2.75) is 5.41 Å². The van der Waals surface area contributed by atoms with Gasteiger partial charge >= 0.3 is 0 Å². The van der Waals surface area contributed by atoms with Crippen molar-refractivity contribution < 1.29 is 9.15 Å². The maximum atomic E-state index is 6.65. The summed E-state index contributed by atoms with van der Waals surface area (Å²) in [7, 11) is 0. The van der Waals surface area contributed by atoms with Gasteiger partial charge in [0.25, 0.3) is 0 Å². The van der Waals surface area contributed by atoms with Crippen LogP contribution in [0.1, 0.15) is 22.3 Å². The van der Waals surface area contributed by atoms with Crippen molar-refractivity contribution >= 4 is 49.8 Å². The molecule has 0 radical (unpaired) electrons. The number of ether oxygens (including phenoxy) is 1. The summed E-state index contributed by atoms with van der Waals surface area (Å²) in [5, 5.41) is 4.70. The van der Waals surface area contributed by atoms with Gasteiger partial charge in [-0.2, -0.15) is 0 Å². The van der Waals surface area contributed by atoms with Gasteiger partial charge in [0.2, 0.25) is 0 Å². The quantitative estimate of drug-likeness (QED) is 0.192. The summed E-state index contributed by atoms with van der Waals surface area (Å²) in [6, 6.07) is 62.9. The molecule has 0 saturated carbocycles. The number of hydrogen-bond acceptors (Lipinski definition) is 3. The Balaban J connectivity index is 1.26. The molecule has 1 spiro atoms. The van der Waals surface area contributed by atoms with Crippen molar-refractivity contribution in [3.8, 4) is 22.6 Å². The van der Waals surface area contributed by atoms with Gasteiger partial charge in [-0.25, -0.2) is 0 Å². The van der Waals surface area contributed by atoms with E-state index >= 15 is 0 Å². The number of nitrogens with zero attached hydrogens (tertiary/aromatic N) is 1. The van der Waals surface area contributed by atoms with Gasteiger partial charge in [-0.1, -0.05) is 127 Å². The summed E-state index contributed by atoms with van der Waals surface area (Å²) < 4.78 is 13.3. The molecule has 1 aliphatic carbocycles. The second kappa shape index (κ2) is 10.2. The van der Waals surface area contributed by atoms with E-state index in [0.29, 0.717) is 0 Å². The van der Waals surface area contributed by atoms with Gasteiger partial charge in [0.15, 0.2) is 5.58 Å². The highest BCUT2D eigenvalue weighted by Gasteiger charge is 2.51. The number of fused-ring (bicyclic) bond motifs is 14. The number of anilines is 3. The smallest absolute Gasteiger partial charge is 0.159 e. The SMILES string of the molecule is c1ccc(N(c2ccc3c(c2)C2(c4ccccc4Oc4ccccc42)c2ccc4ccccc4c2-3)c2cccc3c2oc2ccccc23)cc1. The first-order valence-electron chi connectivity index (χ1n) is 17.1. The lowest BCUT2D eigenvalue weighted by atomic mass is 9.66. The normalized spacial score (nSPS) is 13.5. The zero-order chi connectivity index (χ0) is 32.8. The molecule has 3 heteroatoms. The monoisotopic (exact) mass is 639 g/mol. The molecular formula is C47H29NO2. The Labute approximate surface area is 289 Å². The molecule has 8 aromatic carbocycles. The number of para-hydroxylation sites is 5. The molecule has 0 N–H and O–H groups in total. The van der Waals surface area contributed by atoms with Crippen LogP contribution >= 0.6 is 0 Å². The van der Waals surface area contributed by atoms with Crippen LogP contribution in [0.3, 0.4) is 0 Å². The van der Waals surface area contributed by atoms with Crippen molar-refractivity contribution in [3.05, 3.63) is 198 Å². The van der Waals surface area contributed by atoms with Gasteiger partial charge in [0.05, 0.1) is 11.1 Å². The summed E-state index contributed by atoms with van der Waals surface area (Å²) in [5.41, 5.74) is 11.6. The molecule has 1 aliphatic heterocycles. The average Bonchev–Trinajstić information content (AvgIpc) is 3.70. The van der Waals surface area contributed by atoms with Crippen LogP contribution in [-0.4, -0.2) is 0 Å². The second-order valence-electron chi connectivity index (χ2n) is 13.2. The van der Waals surface area contributed by atoms with Crippen LogP contribution in [0.4, 0.5) is 17.1 Å². The third-order valence-electron chi connectivity index (χ3n) is 10.7. The summed E-state index contributed by atoms with van der Waals surface area (Å²) in [6.45, 7) is 0. The molecule has 0 fully saturated rings. The van der Waals surface area contributed by atoms with Gasteiger partial charge in [0, 0.05) is 33.3 Å². The van der Waals surface area contributed by atoms with Crippen LogP contribution in [0.5, 0.6) is 11.5 Å². The molecule has 11 rings (SSSR count). The first-order valence-corrected chi connectivity index (χ1v) is 17.1. The minimum Gasteiger partial charge on any atom is -0.457 e. The molecule has 50 heavy (non-hydrogen) atoms. The fraction of sp³-hybridized carbons (Fsp3) is 0.0213. The summed E-state index contributed by atoms with van der Waals surface area (Å²) in [6.07, 6.45) is 0. The average molecular weight is 640 g/mol. The molecule has 0 amide bonds. The van der Waals surface area contributed by atoms with Gasteiger partial charge in [-0.3, -0.25) is 0 Å². The fourth-order valence-electron chi connectivity index (χ4n) is 8.71. The number of furan rings is 1. The zero-order valence-electron chi connectivity index (χ0n) is 27.0. The predicted molar refractivity (Wildman–Crippen MR) is 203 cm³/mol. The van der Waals surface area contributed by atoms with Crippen LogP contribution in [0, 0.1) is 0 Å². The van der Waals surface area contributed by atoms with E-state index in [1.54, 1.807) is 0 Å². The molecule has 0 atom stereocenters. The topological polar surface area (TPSA) is 25.6 Å². The Kier molecular flexibility index (Phi) is 5.59. The molecule has 0 unspecified atom stereocenters. The van der Waals surface area contributed by atoms with Crippen molar-refractivity contribution in [1.82, 2.24) is 0 Å². The van der Waals surface area contributed by atoms with Gasteiger partial charge < -0.3 is 14.1 Å². The van der Waals surface area contributed by atoms with Crippen LogP contribution < -0.4 is 9.64 Å². The highest BCUT2D eigenvalue weighted by atomic mass is 16.5. The molecule has 0 saturated heterocycles. The summed E-state index contributed by atoms with van der Waals surface area (Å²) >= 11 is 0. The Morgan fingerprint density at radius 3 is 1.94 bits per heavy atom. The molecule has 3 nitrogen and oxygen atoms in total. The minimum absolute atomic E-state index is 0.593. The van der Waals surface area contributed by atoms with Crippen molar-refractivity contribution in [2.24, 2.45) is 0 Å². The predicted octanol–water partition coefficient (Wildman–Crippen LogP) is 12.7. The standard InChI is InChI=1S/C47H29NO2/c1-2-14-31(15-3-1)48(41-21-12-18-35-34-17-6-9-22-42(34)50-46(35)41)32-26-27-36-40(29-32)47(39-28-25-30-13-4-5-16-33(30)45(36)39)37-19-7-10-23-43(37)49-44-24-11-8-20-38(44)47/h1-29H. The summed E-state index contributed by atoms with van der Waals surface area (Å²) in [5.74, 6) is 1.77. The van der Waals surface area contributed by atoms with Crippen LogP contribution in [0.2, 0.25) is 0 Å². The highest BCUT2D eigenvalue weighted by Crippen LogP contribution is 2.63. The molecule has 2 heterocycles. The third-order valence-corrected chi connectivity index (χ3v) is 10.7. The molecule has 9 aromatic rings. The van der Waals surface area contributed by atoms with Crippen molar-refractivity contribution in [1.29, 1.82) is 0 Å². The van der Waals surface area contributed by atoms with E-state index in [1.807, 2.05) is 12.1 Å². The minimum atomic E-state index is -0.593. The Hall–Kier alpha value is -6.58. The molecule has 1 aromatic heterocycles. The van der Waals surface area contributed by atoms with E-state index in [4.69, 9.17) is 9.15 Å². The molecule has 0 bridgehead atoms. The van der Waals surface area contributed by atoms with Crippen LogP contribution in [0.15, 0.2) is 180 Å². The lowest BCUT2D eigenvalue weighted by Gasteiger charge is -2.39. The van der Waals surface area contributed by atoms with E-state index < -0.39 is 5.41 Å². The summed E-state index contributed by atoms with van der Waals surface area (Å²) in [4.78, 5) is 2.34. The van der Waals surface area contributed by atoms with E-state index in [1.165, 1.54) is 33.0 Å². The zero-order valence-corrected chi connectivity index (χ0v) is 27.0. The lowest BCUT2D eigenvalue weighted by molar-refractivity contribution is 0.436. The maximum Gasteiger partial charge on any atom is 0.159 e. The number of hydrogen-bond donors (Lipinski definition) is 0. The lowest BCUT2D eigenvalue weighted by Crippen LogP contribution is -2.32. The molecule has 2 aliphatic rings. The molecular weight excluding hydrogens is 611 g/mol. The van der Waals surface area contributed by atoms with Crippen LogP contribution in [-0.2, 0) is 5.41 Å². The number of rotatable bonds is 3. The molecule has 234 valence electrons. The van der Waals surface area contributed by atoms with Crippen LogP contribution in [0.25, 0.3) is 43.8 Å².